The fraction of sp³-hybridized carbons (Fsp3) is 0.105. The third kappa shape index (κ3) is 3.77. The Balaban J connectivity index is 1.73. The number of aromatic nitrogens is 1. The highest BCUT2D eigenvalue weighted by Crippen LogP contribution is 2.13. The molecule has 0 fully saturated rings. The van der Waals surface area contributed by atoms with Crippen LogP contribution in [-0.2, 0) is 9.53 Å². The molecule has 1 amide bonds. The number of halogens is 1. The van der Waals surface area contributed by atoms with Crippen molar-refractivity contribution in [3.05, 3.63) is 76.5 Å². The van der Waals surface area contributed by atoms with Crippen molar-refractivity contribution in [2.75, 3.05) is 5.32 Å². The number of carbonyl (C=O) groups is 2. The van der Waals surface area contributed by atoms with Gasteiger partial charge < -0.3 is 15.0 Å². The molecule has 26 heavy (non-hydrogen) atoms. The molecule has 0 saturated heterocycles. The van der Waals surface area contributed by atoms with Gasteiger partial charge in [0.15, 0.2) is 6.10 Å². The molecule has 132 valence electrons. The highest BCUT2D eigenvalue weighted by molar-refractivity contribution is 5.98. The molecule has 2 aromatic carbocycles. The maximum Gasteiger partial charge on any atom is 0.355 e. The van der Waals surface area contributed by atoms with Gasteiger partial charge in [-0.2, -0.15) is 0 Å². The number of rotatable bonds is 4. The minimum atomic E-state index is -1.14. The Kier molecular flexibility index (Phi) is 4.79. The average molecular weight is 354 g/mol. The van der Waals surface area contributed by atoms with Gasteiger partial charge in [-0.05, 0) is 42.6 Å². The van der Waals surface area contributed by atoms with Gasteiger partial charge in [0.25, 0.3) is 11.5 Å². The van der Waals surface area contributed by atoms with Crippen LogP contribution in [0.3, 0.4) is 0 Å². The van der Waals surface area contributed by atoms with E-state index in [2.05, 4.69) is 10.3 Å². The van der Waals surface area contributed by atoms with E-state index in [1.807, 2.05) is 0 Å². The highest BCUT2D eigenvalue weighted by atomic mass is 19.1. The zero-order valence-corrected chi connectivity index (χ0v) is 13.8. The fourth-order valence-electron chi connectivity index (χ4n) is 2.41. The Morgan fingerprint density at radius 1 is 1.12 bits per heavy atom. The fourth-order valence-corrected chi connectivity index (χ4v) is 2.41. The monoisotopic (exact) mass is 354 g/mol. The number of fused-ring (bicyclic) bond motifs is 1. The summed E-state index contributed by atoms with van der Waals surface area (Å²) in [6, 6.07) is 13.6. The first-order chi connectivity index (χ1) is 12.4. The molecule has 0 bridgehead atoms. The second-order valence-electron chi connectivity index (χ2n) is 5.65. The summed E-state index contributed by atoms with van der Waals surface area (Å²) in [5, 5.41) is 3.48. The molecule has 3 rings (SSSR count). The first kappa shape index (κ1) is 17.3. The topological polar surface area (TPSA) is 88.3 Å². The van der Waals surface area contributed by atoms with Gasteiger partial charge in [-0.1, -0.05) is 24.3 Å². The van der Waals surface area contributed by atoms with E-state index in [0.717, 1.165) is 6.07 Å². The lowest BCUT2D eigenvalue weighted by atomic mass is 10.1. The summed E-state index contributed by atoms with van der Waals surface area (Å²) in [4.78, 5) is 38.8. The minimum Gasteiger partial charge on any atom is -0.448 e. The van der Waals surface area contributed by atoms with E-state index < -0.39 is 29.4 Å². The van der Waals surface area contributed by atoms with Crippen LogP contribution < -0.4 is 10.9 Å². The maximum atomic E-state index is 13.1. The summed E-state index contributed by atoms with van der Waals surface area (Å²) < 4.78 is 18.2. The summed E-state index contributed by atoms with van der Waals surface area (Å²) in [6.45, 7) is 1.38. The number of esters is 1. The van der Waals surface area contributed by atoms with Crippen LogP contribution >= 0.6 is 0 Å². The van der Waals surface area contributed by atoms with E-state index >= 15 is 0 Å². The number of pyridine rings is 1. The SMILES string of the molecule is C[C@H](OC(=O)c1cc2ccccc2c(=O)[nH]1)C(=O)Nc1cccc(F)c1. The number of hydrogen-bond acceptors (Lipinski definition) is 4. The summed E-state index contributed by atoms with van der Waals surface area (Å²) in [7, 11) is 0. The number of aromatic amines is 1. The predicted molar refractivity (Wildman–Crippen MR) is 94.5 cm³/mol. The lowest BCUT2D eigenvalue weighted by molar-refractivity contribution is -0.123. The summed E-state index contributed by atoms with van der Waals surface area (Å²) >= 11 is 0. The number of benzene rings is 2. The smallest absolute Gasteiger partial charge is 0.355 e. The van der Waals surface area contributed by atoms with Crippen molar-refractivity contribution in [2.24, 2.45) is 0 Å². The molecule has 7 heteroatoms. The predicted octanol–water partition coefficient (Wildman–Crippen LogP) is 2.85. The highest BCUT2D eigenvalue weighted by Gasteiger charge is 2.20. The Morgan fingerprint density at radius 3 is 2.65 bits per heavy atom. The van der Waals surface area contributed by atoms with E-state index in [4.69, 9.17) is 4.74 Å². The quantitative estimate of drug-likeness (QED) is 0.705. The summed E-state index contributed by atoms with van der Waals surface area (Å²) in [5.74, 6) is -1.96. The van der Waals surface area contributed by atoms with Gasteiger partial charge in [0.05, 0.1) is 0 Å². The molecule has 1 atom stereocenters. The van der Waals surface area contributed by atoms with Crippen LogP contribution in [0.5, 0.6) is 0 Å². The molecule has 0 radical (unpaired) electrons. The van der Waals surface area contributed by atoms with Crippen molar-refractivity contribution in [2.45, 2.75) is 13.0 Å². The van der Waals surface area contributed by atoms with Crippen molar-refractivity contribution in [1.82, 2.24) is 4.98 Å². The van der Waals surface area contributed by atoms with E-state index in [-0.39, 0.29) is 11.4 Å². The summed E-state index contributed by atoms with van der Waals surface area (Å²) in [5.41, 5.74) is -0.233. The first-order valence-corrected chi connectivity index (χ1v) is 7.83. The van der Waals surface area contributed by atoms with E-state index in [9.17, 15) is 18.8 Å². The number of ether oxygens (including phenoxy) is 1. The molecule has 6 nitrogen and oxygen atoms in total. The van der Waals surface area contributed by atoms with Crippen molar-refractivity contribution in [1.29, 1.82) is 0 Å². The van der Waals surface area contributed by atoms with Crippen LogP contribution in [0.25, 0.3) is 10.8 Å². The molecular formula is C19H15FN2O4. The average Bonchev–Trinajstić information content (AvgIpc) is 2.61. The standard InChI is InChI=1S/C19H15FN2O4/c1-11(17(23)21-14-7-4-6-13(20)10-14)26-19(25)16-9-12-5-2-3-8-15(12)18(24)22-16/h2-11H,1H3,(H,21,23)(H,22,24)/t11-/m0/s1. The number of amides is 1. The van der Waals surface area contributed by atoms with Crippen LogP contribution in [-0.4, -0.2) is 23.0 Å². The van der Waals surface area contributed by atoms with Crippen molar-refractivity contribution < 1.29 is 18.7 Å². The molecule has 1 heterocycles. The number of H-pyrrole nitrogens is 1. The third-order valence-electron chi connectivity index (χ3n) is 3.72. The Bertz CT molecular complexity index is 1040. The van der Waals surface area contributed by atoms with Gasteiger partial charge >= 0.3 is 5.97 Å². The van der Waals surface area contributed by atoms with Gasteiger partial charge in [-0.3, -0.25) is 9.59 Å². The van der Waals surface area contributed by atoms with E-state index in [1.54, 1.807) is 24.3 Å². The van der Waals surface area contributed by atoms with E-state index in [1.165, 1.54) is 31.2 Å². The minimum absolute atomic E-state index is 0.0564. The van der Waals surface area contributed by atoms with Crippen LogP contribution in [0.15, 0.2) is 59.4 Å². The lowest BCUT2D eigenvalue weighted by Crippen LogP contribution is -2.30. The van der Waals surface area contributed by atoms with Crippen LogP contribution in [0.1, 0.15) is 17.4 Å². The first-order valence-electron chi connectivity index (χ1n) is 7.83. The molecule has 3 aromatic rings. The Labute approximate surface area is 147 Å². The lowest BCUT2D eigenvalue weighted by Gasteiger charge is -2.13. The zero-order chi connectivity index (χ0) is 18.7. The Hall–Kier alpha value is -3.48. The largest absolute Gasteiger partial charge is 0.448 e. The maximum absolute atomic E-state index is 13.1. The second-order valence-corrected chi connectivity index (χ2v) is 5.65. The van der Waals surface area contributed by atoms with Gasteiger partial charge in [-0.25, -0.2) is 9.18 Å². The molecule has 0 spiro atoms. The van der Waals surface area contributed by atoms with Crippen molar-refractivity contribution >= 4 is 28.3 Å². The molecule has 0 unspecified atom stereocenters. The molecule has 0 saturated carbocycles. The number of nitrogens with one attached hydrogen (secondary N) is 2. The zero-order valence-electron chi connectivity index (χ0n) is 13.8. The molecule has 0 aliphatic heterocycles. The Morgan fingerprint density at radius 2 is 1.88 bits per heavy atom. The normalized spacial score (nSPS) is 11.8. The molecule has 2 N–H and O–H groups in total. The molecule has 0 aliphatic rings. The van der Waals surface area contributed by atoms with Crippen LogP contribution in [0.2, 0.25) is 0 Å². The van der Waals surface area contributed by atoms with Crippen molar-refractivity contribution in [3.8, 4) is 0 Å². The molecule has 1 aromatic heterocycles. The van der Waals surface area contributed by atoms with Gasteiger partial charge in [0.2, 0.25) is 0 Å². The van der Waals surface area contributed by atoms with Crippen LogP contribution in [0, 0.1) is 5.82 Å². The second kappa shape index (κ2) is 7.18. The molecular weight excluding hydrogens is 339 g/mol. The number of hydrogen-bond donors (Lipinski definition) is 2. The van der Waals surface area contributed by atoms with E-state index in [0.29, 0.717) is 10.8 Å². The van der Waals surface area contributed by atoms with Gasteiger partial charge in [-0.15, -0.1) is 0 Å². The van der Waals surface area contributed by atoms with Crippen molar-refractivity contribution in [3.63, 3.8) is 0 Å². The number of anilines is 1. The van der Waals surface area contributed by atoms with Crippen LogP contribution in [0.4, 0.5) is 10.1 Å². The number of carbonyl (C=O) groups excluding carboxylic acids is 2. The third-order valence-corrected chi connectivity index (χ3v) is 3.72. The van der Waals surface area contributed by atoms with Gasteiger partial charge in [0, 0.05) is 11.1 Å². The summed E-state index contributed by atoms with van der Waals surface area (Å²) in [6.07, 6.45) is -1.14. The molecule has 0 aliphatic carbocycles. The van der Waals surface area contributed by atoms with Gasteiger partial charge in [0.1, 0.15) is 11.5 Å².